The van der Waals surface area contributed by atoms with Crippen LogP contribution in [0.1, 0.15) is 20.3 Å². The van der Waals surface area contributed by atoms with Crippen molar-refractivity contribution in [2.45, 2.75) is 26.3 Å². The highest BCUT2D eigenvalue weighted by atomic mass is 32.2. The van der Waals surface area contributed by atoms with Crippen molar-refractivity contribution >= 4 is 10.8 Å². The SMILES string of the molecule is CC(C)CC1CN(CCS(C)=O)CCN1. The second kappa shape index (κ2) is 6.61. The van der Waals surface area contributed by atoms with Gasteiger partial charge in [0, 0.05) is 55.0 Å². The first kappa shape index (κ1) is 13.1. The molecule has 0 saturated carbocycles. The van der Waals surface area contributed by atoms with Crippen LogP contribution in [-0.4, -0.2) is 53.3 Å². The highest BCUT2D eigenvalue weighted by molar-refractivity contribution is 7.84. The number of hydrogen-bond donors (Lipinski definition) is 1. The first-order valence-electron chi connectivity index (χ1n) is 5.83. The summed E-state index contributed by atoms with van der Waals surface area (Å²) in [5.41, 5.74) is 0. The van der Waals surface area contributed by atoms with E-state index in [0.29, 0.717) is 6.04 Å². The maximum Gasteiger partial charge on any atom is 0.0359 e. The zero-order valence-corrected chi connectivity index (χ0v) is 11.0. The molecule has 1 rings (SSSR count). The van der Waals surface area contributed by atoms with Gasteiger partial charge in [0.1, 0.15) is 0 Å². The monoisotopic (exact) mass is 232 g/mol. The van der Waals surface area contributed by atoms with E-state index < -0.39 is 10.8 Å². The Morgan fingerprint density at radius 2 is 2.27 bits per heavy atom. The van der Waals surface area contributed by atoms with Crippen molar-refractivity contribution in [2.75, 3.05) is 38.2 Å². The molecule has 2 unspecified atom stereocenters. The Bertz CT molecular complexity index is 209. The summed E-state index contributed by atoms with van der Waals surface area (Å²) in [6.45, 7) is 8.82. The van der Waals surface area contributed by atoms with Gasteiger partial charge in [-0.05, 0) is 12.3 Å². The average molecular weight is 232 g/mol. The number of nitrogens with one attached hydrogen (secondary N) is 1. The van der Waals surface area contributed by atoms with E-state index in [0.717, 1.165) is 37.8 Å². The Morgan fingerprint density at radius 1 is 1.53 bits per heavy atom. The molecule has 1 saturated heterocycles. The van der Waals surface area contributed by atoms with Gasteiger partial charge in [0.15, 0.2) is 0 Å². The van der Waals surface area contributed by atoms with Crippen molar-refractivity contribution in [3.63, 3.8) is 0 Å². The summed E-state index contributed by atoms with van der Waals surface area (Å²) in [6.07, 6.45) is 3.03. The molecule has 0 spiro atoms. The zero-order valence-electron chi connectivity index (χ0n) is 10.2. The molecule has 90 valence electrons. The van der Waals surface area contributed by atoms with E-state index in [9.17, 15) is 4.21 Å². The predicted molar refractivity (Wildman–Crippen MR) is 66.6 cm³/mol. The number of piperazine rings is 1. The average Bonchev–Trinajstić information content (AvgIpc) is 2.14. The third kappa shape index (κ3) is 5.64. The van der Waals surface area contributed by atoms with Crippen LogP contribution in [-0.2, 0) is 10.8 Å². The Morgan fingerprint density at radius 3 is 2.87 bits per heavy atom. The van der Waals surface area contributed by atoms with E-state index in [1.807, 2.05) is 0 Å². The molecule has 1 N–H and O–H groups in total. The quantitative estimate of drug-likeness (QED) is 0.757. The second-order valence-electron chi connectivity index (χ2n) is 4.86. The van der Waals surface area contributed by atoms with Gasteiger partial charge in [0.25, 0.3) is 0 Å². The predicted octanol–water partition coefficient (Wildman–Crippen LogP) is 0.685. The fraction of sp³-hybridized carbons (Fsp3) is 1.00. The fourth-order valence-electron chi connectivity index (χ4n) is 2.08. The highest BCUT2D eigenvalue weighted by Gasteiger charge is 2.19. The van der Waals surface area contributed by atoms with Crippen molar-refractivity contribution in [1.29, 1.82) is 0 Å². The van der Waals surface area contributed by atoms with Gasteiger partial charge in [-0.1, -0.05) is 13.8 Å². The molecular weight excluding hydrogens is 208 g/mol. The standard InChI is InChI=1S/C11H24N2OS/c1-10(2)8-11-9-13(5-4-12-11)6-7-15(3)14/h10-12H,4-9H2,1-3H3. The maximum absolute atomic E-state index is 11.0. The Hall–Kier alpha value is 0.0700. The van der Waals surface area contributed by atoms with E-state index in [-0.39, 0.29) is 0 Å². The molecule has 0 amide bonds. The number of nitrogens with zero attached hydrogens (tertiary/aromatic N) is 1. The van der Waals surface area contributed by atoms with Gasteiger partial charge in [-0.2, -0.15) is 0 Å². The molecule has 3 nitrogen and oxygen atoms in total. The van der Waals surface area contributed by atoms with Crippen LogP contribution >= 0.6 is 0 Å². The van der Waals surface area contributed by atoms with E-state index in [4.69, 9.17) is 0 Å². The van der Waals surface area contributed by atoms with Gasteiger partial charge < -0.3 is 5.32 Å². The molecule has 2 atom stereocenters. The first-order chi connectivity index (χ1) is 7.08. The lowest BCUT2D eigenvalue weighted by atomic mass is 10.0. The summed E-state index contributed by atoms with van der Waals surface area (Å²) in [4.78, 5) is 2.44. The summed E-state index contributed by atoms with van der Waals surface area (Å²) in [5, 5.41) is 3.55. The summed E-state index contributed by atoms with van der Waals surface area (Å²) < 4.78 is 11.0. The molecule has 1 heterocycles. The lowest BCUT2D eigenvalue weighted by Crippen LogP contribution is -2.51. The minimum Gasteiger partial charge on any atom is -0.311 e. The van der Waals surface area contributed by atoms with Crippen molar-refractivity contribution in [1.82, 2.24) is 10.2 Å². The summed E-state index contributed by atoms with van der Waals surface area (Å²) >= 11 is 0. The fourth-order valence-corrected chi connectivity index (χ4v) is 2.60. The van der Waals surface area contributed by atoms with Gasteiger partial charge in [-0.15, -0.1) is 0 Å². The van der Waals surface area contributed by atoms with Crippen LogP contribution in [0.3, 0.4) is 0 Å². The molecule has 0 aromatic carbocycles. The summed E-state index contributed by atoms with van der Waals surface area (Å²) in [5.74, 6) is 1.57. The molecule has 1 aliphatic rings. The smallest absolute Gasteiger partial charge is 0.0359 e. The van der Waals surface area contributed by atoms with Crippen LogP contribution in [0.4, 0.5) is 0 Å². The third-order valence-corrected chi connectivity index (χ3v) is 3.55. The Labute approximate surface area is 96.1 Å². The lowest BCUT2D eigenvalue weighted by molar-refractivity contribution is 0.195. The molecule has 0 bridgehead atoms. The molecule has 4 heteroatoms. The Balaban J connectivity index is 2.25. The van der Waals surface area contributed by atoms with E-state index in [2.05, 4.69) is 24.1 Å². The third-order valence-electron chi connectivity index (χ3n) is 2.79. The van der Waals surface area contributed by atoms with Crippen LogP contribution in [0.25, 0.3) is 0 Å². The normalized spacial score (nSPS) is 25.7. The number of hydrogen-bond acceptors (Lipinski definition) is 3. The maximum atomic E-state index is 11.0. The lowest BCUT2D eigenvalue weighted by Gasteiger charge is -2.34. The topological polar surface area (TPSA) is 32.3 Å². The van der Waals surface area contributed by atoms with Gasteiger partial charge in [0.2, 0.25) is 0 Å². The molecule has 1 aliphatic heterocycles. The number of rotatable bonds is 5. The van der Waals surface area contributed by atoms with Gasteiger partial charge in [-0.3, -0.25) is 9.11 Å². The van der Waals surface area contributed by atoms with Gasteiger partial charge >= 0.3 is 0 Å². The van der Waals surface area contributed by atoms with Crippen molar-refractivity contribution < 1.29 is 4.21 Å². The Kier molecular flexibility index (Phi) is 5.79. The van der Waals surface area contributed by atoms with Crippen molar-refractivity contribution in [3.8, 4) is 0 Å². The van der Waals surface area contributed by atoms with Crippen LogP contribution < -0.4 is 5.32 Å². The summed E-state index contributed by atoms with van der Waals surface area (Å²) in [6, 6.07) is 0.629. The largest absolute Gasteiger partial charge is 0.311 e. The molecule has 15 heavy (non-hydrogen) atoms. The van der Waals surface area contributed by atoms with Crippen molar-refractivity contribution in [2.24, 2.45) is 5.92 Å². The van der Waals surface area contributed by atoms with Crippen LogP contribution in [0.15, 0.2) is 0 Å². The minimum atomic E-state index is -0.651. The minimum absolute atomic E-state index is 0.629. The van der Waals surface area contributed by atoms with Crippen LogP contribution in [0.2, 0.25) is 0 Å². The van der Waals surface area contributed by atoms with Crippen molar-refractivity contribution in [3.05, 3.63) is 0 Å². The first-order valence-corrected chi connectivity index (χ1v) is 7.56. The van der Waals surface area contributed by atoms with Crippen LogP contribution in [0.5, 0.6) is 0 Å². The van der Waals surface area contributed by atoms with E-state index in [1.165, 1.54) is 6.42 Å². The molecule has 0 aromatic rings. The highest BCUT2D eigenvalue weighted by Crippen LogP contribution is 2.09. The molecule has 0 aliphatic carbocycles. The van der Waals surface area contributed by atoms with E-state index >= 15 is 0 Å². The van der Waals surface area contributed by atoms with E-state index in [1.54, 1.807) is 6.26 Å². The zero-order chi connectivity index (χ0) is 11.3. The molecule has 1 fully saturated rings. The molecule has 0 radical (unpaired) electrons. The van der Waals surface area contributed by atoms with Crippen LogP contribution in [0, 0.1) is 5.92 Å². The summed E-state index contributed by atoms with van der Waals surface area (Å²) in [7, 11) is -0.651. The van der Waals surface area contributed by atoms with Gasteiger partial charge in [0.05, 0.1) is 0 Å². The van der Waals surface area contributed by atoms with Gasteiger partial charge in [-0.25, -0.2) is 0 Å². The molecular formula is C11H24N2OS. The second-order valence-corrected chi connectivity index (χ2v) is 6.41. The molecule has 0 aromatic heterocycles.